The summed E-state index contributed by atoms with van der Waals surface area (Å²) in [6.07, 6.45) is 10.7. The van der Waals surface area contributed by atoms with Crippen LogP contribution >= 0.6 is 0 Å². The molecule has 0 spiro atoms. The van der Waals surface area contributed by atoms with E-state index in [2.05, 4.69) is 6.92 Å². The highest BCUT2D eigenvalue weighted by molar-refractivity contribution is 5.20. The van der Waals surface area contributed by atoms with E-state index in [1.165, 1.54) is 51.4 Å². The lowest BCUT2D eigenvalue weighted by Gasteiger charge is -2.07. The quantitative estimate of drug-likeness (QED) is 0.390. The molecule has 0 saturated carbocycles. The van der Waals surface area contributed by atoms with Gasteiger partial charge in [0.1, 0.15) is 12.4 Å². The van der Waals surface area contributed by atoms with Crippen molar-refractivity contribution in [2.24, 2.45) is 0 Å². The van der Waals surface area contributed by atoms with Gasteiger partial charge in [0.2, 0.25) is 0 Å². The molecule has 0 heterocycles. The average molecular weight is 322 g/mol. The second kappa shape index (κ2) is 15.8. The molecule has 3 heteroatoms. The summed E-state index contributed by atoms with van der Waals surface area (Å²) in [4.78, 5) is 0. The van der Waals surface area contributed by atoms with Crippen LogP contribution in [0.3, 0.4) is 0 Å². The van der Waals surface area contributed by atoms with Crippen LogP contribution in [-0.2, 0) is 9.47 Å². The molecule has 3 nitrogen and oxygen atoms in total. The number of hydrogen-bond acceptors (Lipinski definition) is 3. The lowest BCUT2D eigenvalue weighted by atomic mass is 10.1. The van der Waals surface area contributed by atoms with Crippen LogP contribution in [0.1, 0.15) is 58.3 Å². The van der Waals surface area contributed by atoms with Gasteiger partial charge in [-0.15, -0.1) is 0 Å². The molecule has 0 unspecified atom stereocenters. The second-order valence-corrected chi connectivity index (χ2v) is 5.86. The summed E-state index contributed by atoms with van der Waals surface area (Å²) in [7, 11) is 0. The van der Waals surface area contributed by atoms with Crippen LogP contribution in [0.4, 0.5) is 0 Å². The first kappa shape index (κ1) is 20.0. The number of para-hydroxylation sites is 1. The highest BCUT2D eigenvalue weighted by Crippen LogP contribution is 2.08. The fourth-order valence-electron chi connectivity index (χ4n) is 2.40. The van der Waals surface area contributed by atoms with E-state index in [1.807, 2.05) is 30.3 Å². The van der Waals surface area contributed by atoms with Crippen molar-refractivity contribution in [3.63, 3.8) is 0 Å². The van der Waals surface area contributed by atoms with Crippen LogP contribution < -0.4 is 4.74 Å². The largest absolute Gasteiger partial charge is 0.491 e. The molecule has 0 fully saturated rings. The monoisotopic (exact) mass is 322 g/mol. The summed E-state index contributed by atoms with van der Waals surface area (Å²) in [6.45, 7) is 5.64. The van der Waals surface area contributed by atoms with Gasteiger partial charge in [0.15, 0.2) is 0 Å². The Kier molecular flexibility index (Phi) is 13.7. The first-order valence-electron chi connectivity index (χ1n) is 9.27. The van der Waals surface area contributed by atoms with Gasteiger partial charge in [0.25, 0.3) is 0 Å². The molecule has 0 N–H and O–H groups in total. The zero-order chi connectivity index (χ0) is 16.4. The van der Waals surface area contributed by atoms with E-state index >= 15 is 0 Å². The smallest absolute Gasteiger partial charge is 0.119 e. The minimum absolute atomic E-state index is 0.585. The molecule has 23 heavy (non-hydrogen) atoms. The van der Waals surface area contributed by atoms with Crippen molar-refractivity contribution in [3.05, 3.63) is 30.3 Å². The average Bonchev–Trinajstić information content (AvgIpc) is 2.59. The maximum Gasteiger partial charge on any atom is 0.119 e. The minimum Gasteiger partial charge on any atom is -0.491 e. The Morgan fingerprint density at radius 1 is 0.609 bits per heavy atom. The van der Waals surface area contributed by atoms with E-state index in [0.29, 0.717) is 26.4 Å². The third-order valence-corrected chi connectivity index (χ3v) is 3.75. The number of ether oxygens (including phenoxy) is 3. The molecule has 0 saturated heterocycles. The Bertz CT molecular complexity index is 340. The summed E-state index contributed by atoms with van der Waals surface area (Å²) in [5.41, 5.74) is 0. The van der Waals surface area contributed by atoms with Crippen molar-refractivity contribution in [1.82, 2.24) is 0 Å². The van der Waals surface area contributed by atoms with Crippen LogP contribution in [0.15, 0.2) is 30.3 Å². The summed E-state index contributed by atoms with van der Waals surface area (Å²) >= 11 is 0. The lowest BCUT2D eigenvalue weighted by molar-refractivity contribution is 0.0352. The van der Waals surface area contributed by atoms with Crippen molar-refractivity contribution >= 4 is 0 Å². The molecule has 1 rings (SSSR count). The summed E-state index contributed by atoms with van der Waals surface area (Å²) in [5, 5.41) is 0. The van der Waals surface area contributed by atoms with Gasteiger partial charge in [-0.2, -0.15) is 0 Å². The van der Waals surface area contributed by atoms with Crippen molar-refractivity contribution in [2.75, 3.05) is 33.0 Å². The maximum atomic E-state index is 5.58. The molecular weight excluding hydrogens is 288 g/mol. The number of unbranched alkanes of at least 4 members (excludes halogenated alkanes) is 7. The highest BCUT2D eigenvalue weighted by Gasteiger charge is 1.94. The van der Waals surface area contributed by atoms with Gasteiger partial charge in [-0.05, 0) is 18.6 Å². The van der Waals surface area contributed by atoms with E-state index in [1.54, 1.807) is 0 Å². The summed E-state index contributed by atoms with van der Waals surface area (Å²) in [5.74, 6) is 0.891. The van der Waals surface area contributed by atoms with E-state index in [0.717, 1.165) is 12.4 Å². The predicted octanol–water partition coefficient (Wildman–Crippen LogP) is 5.24. The van der Waals surface area contributed by atoms with E-state index < -0.39 is 0 Å². The van der Waals surface area contributed by atoms with Gasteiger partial charge in [-0.3, -0.25) is 0 Å². The molecule has 0 aliphatic rings. The molecule has 0 aliphatic heterocycles. The molecule has 0 radical (unpaired) electrons. The zero-order valence-electron chi connectivity index (χ0n) is 14.8. The van der Waals surface area contributed by atoms with Crippen LogP contribution in [0, 0.1) is 0 Å². The van der Waals surface area contributed by atoms with Crippen molar-refractivity contribution in [2.45, 2.75) is 58.3 Å². The van der Waals surface area contributed by atoms with E-state index in [-0.39, 0.29) is 0 Å². The predicted molar refractivity (Wildman–Crippen MR) is 96.2 cm³/mol. The Balaban J connectivity index is 1.72. The standard InChI is InChI=1S/C20H34O3/c1-2-3-4-5-6-7-8-12-15-21-16-17-22-18-19-23-20-13-10-9-11-14-20/h9-11,13-14H,2-8,12,15-19H2,1H3. The number of hydrogen-bond donors (Lipinski definition) is 0. The van der Waals surface area contributed by atoms with Crippen LogP contribution in [0.25, 0.3) is 0 Å². The topological polar surface area (TPSA) is 27.7 Å². The van der Waals surface area contributed by atoms with Crippen LogP contribution in [0.2, 0.25) is 0 Å². The van der Waals surface area contributed by atoms with Crippen molar-refractivity contribution in [3.8, 4) is 5.75 Å². The molecule has 0 aromatic heterocycles. The third kappa shape index (κ3) is 13.1. The molecule has 132 valence electrons. The normalized spacial score (nSPS) is 10.8. The summed E-state index contributed by atoms with van der Waals surface area (Å²) < 4.78 is 16.6. The van der Waals surface area contributed by atoms with Gasteiger partial charge in [-0.25, -0.2) is 0 Å². The fourth-order valence-corrected chi connectivity index (χ4v) is 2.40. The van der Waals surface area contributed by atoms with Crippen molar-refractivity contribution in [1.29, 1.82) is 0 Å². The number of rotatable bonds is 16. The summed E-state index contributed by atoms with van der Waals surface area (Å²) in [6, 6.07) is 9.82. The molecule has 0 aliphatic carbocycles. The Morgan fingerprint density at radius 2 is 1.17 bits per heavy atom. The molecule has 0 amide bonds. The third-order valence-electron chi connectivity index (χ3n) is 3.75. The Morgan fingerprint density at radius 3 is 1.87 bits per heavy atom. The van der Waals surface area contributed by atoms with Gasteiger partial charge >= 0.3 is 0 Å². The maximum absolute atomic E-state index is 5.58. The van der Waals surface area contributed by atoms with Gasteiger partial charge in [0.05, 0.1) is 19.8 Å². The van der Waals surface area contributed by atoms with Gasteiger partial charge < -0.3 is 14.2 Å². The Hall–Kier alpha value is -1.06. The van der Waals surface area contributed by atoms with Gasteiger partial charge in [-0.1, -0.05) is 70.1 Å². The molecule has 1 aromatic rings. The minimum atomic E-state index is 0.585. The lowest BCUT2D eigenvalue weighted by Crippen LogP contribution is -2.11. The van der Waals surface area contributed by atoms with Crippen molar-refractivity contribution < 1.29 is 14.2 Å². The molecule has 0 bridgehead atoms. The highest BCUT2D eigenvalue weighted by atomic mass is 16.5. The first-order valence-corrected chi connectivity index (χ1v) is 9.27. The Labute approximate surface area is 142 Å². The fraction of sp³-hybridized carbons (Fsp3) is 0.700. The van der Waals surface area contributed by atoms with E-state index in [9.17, 15) is 0 Å². The van der Waals surface area contributed by atoms with Crippen LogP contribution in [-0.4, -0.2) is 33.0 Å². The molecule has 0 atom stereocenters. The van der Waals surface area contributed by atoms with E-state index in [4.69, 9.17) is 14.2 Å². The zero-order valence-corrected chi connectivity index (χ0v) is 14.8. The molecule has 1 aromatic carbocycles. The first-order chi connectivity index (χ1) is 11.4. The molecular formula is C20H34O3. The number of benzene rings is 1. The van der Waals surface area contributed by atoms with Crippen LogP contribution in [0.5, 0.6) is 5.75 Å². The second-order valence-electron chi connectivity index (χ2n) is 5.86. The van der Waals surface area contributed by atoms with Gasteiger partial charge in [0, 0.05) is 6.61 Å². The SMILES string of the molecule is CCCCCCCCCCOCCOCCOc1ccccc1.